The largest absolute Gasteiger partial charge is 0.497 e. The maximum Gasteiger partial charge on any atom is 0.273 e. The van der Waals surface area contributed by atoms with Gasteiger partial charge < -0.3 is 4.74 Å². The Morgan fingerprint density at radius 3 is 2.45 bits per heavy atom. The van der Waals surface area contributed by atoms with Crippen LogP contribution in [0.3, 0.4) is 0 Å². The van der Waals surface area contributed by atoms with E-state index in [4.69, 9.17) is 9.72 Å². The first-order valence-electron chi connectivity index (χ1n) is 10.3. The molecule has 0 atom stereocenters. The first-order valence-corrected chi connectivity index (χ1v) is 12.7. The van der Waals surface area contributed by atoms with E-state index in [1.165, 1.54) is 16.4 Å². The van der Waals surface area contributed by atoms with E-state index in [-0.39, 0.29) is 10.6 Å². The number of aromatic nitrogens is 1. The lowest BCUT2D eigenvalue weighted by Crippen LogP contribution is -2.48. The van der Waals surface area contributed by atoms with Crippen LogP contribution in [0.2, 0.25) is 0 Å². The molecule has 1 aliphatic heterocycles. The van der Waals surface area contributed by atoms with Gasteiger partial charge >= 0.3 is 0 Å². The van der Waals surface area contributed by atoms with Crippen LogP contribution in [0.15, 0.2) is 52.7 Å². The van der Waals surface area contributed by atoms with Gasteiger partial charge in [-0.2, -0.15) is 4.31 Å². The number of hydrogen-bond acceptors (Lipinski definition) is 8. The van der Waals surface area contributed by atoms with Gasteiger partial charge in [0.1, 0.15) is 10.8 Å². The second kappa shape index (κ2) is 9.56. The first-order chi connectivity index (χ1) is 15.8. The maximum absolute atomic E-state index is 13.0. The van der Waals surface area contributed by atoms with E-state index in [1.807, 2.05) is 29.6 Å². The van der Waals surface area contributed by atoms with Gasteiger partial charge in [-0.25, -0.2) is 13.4 Å². The Balaban J connectivity index is 1.38. The van der Waals surface area contributed by atoms with Gasteiger partial charge in [-0.1, -0.05) is 6.07 Å². The van der Waals surface area contributed by atoms with Crippen LogP contribution in [0.1, 0.15) is 11.3 Å². The summed E-state index contributed by atoms with van der Waals surface area (Å²) in [5.74, 6) is 0.795. The average molecular weight is 489 g/mol. The molecule has 33 heavy (non-hydrogen) atoms. The molecule has 0 aliphatic carbocycles. The topological polar surface area (TPSA) is 106 Å². The molecule has 11 heteroatoms. The van der Waals surface area contributed by atoms with Gasteiger partial charge in [0, 0.05) is 55.3 Å². The zero-order valence-electron chi connectivity index (χ0n) is 18.3. The number of methoxy groups -OCH3 is 1. The van der Waals surface area contributed by atoms with Crippen molar-refractivity contribution in [2.24, 2.45) is 0 Å². The van der Waals surface area contributed by atoms with E-state index < -0.39 is 14.9 Å². The average Bonchev–Trinajstić information content (AvgIpc) is 3.28. The van der Waals surface area contributed by atoms with Gasteiger partial charge in [-0.15, -0.1) is 11.3 Å². The van der Waals surface area contributed by atoms with Crippen molar-refractivity contribution < 1.29 is 18.1 Å². The highest BCUT2D eigenvalue weighted by Gasteiger charge is 2.30. The molecule has 0 unspecified atom stereocenters. The smallest absolute Gasteiger partial charge is 0.273 e. The third-order valence-corrected chi connectivity index (χ3v) is 8.46. The zero-order chi connectivity index (χ0) is 23.6. The van der Waals surface area contributed by atoms with E-state index >= 15 is 0 Å². The number of ether oxygens (including phenoxy) is 1. The molecule has 1 aliphatic rings. The van der Waals surface area contributed by atoms with Crippen molar-refractivity contribution in [1.29, 1.82) is 0 Å². The summed E-state index contributed by atoms with van der Waals surface area (Å²) in [4.78, 5) is 17.5. The molecule has 0 saturated carbocycles. The summed E-state index contributed by atoms with van der Waals surface area (Å²) < 4.78 is 32.6. The molecule has 2 aromatic carbocycles. The van der Waals surface area contributed by atoms with Crippen molar-refractivity contribution in [3.05, 3.63) is 69.2 Å². The van der Waals surface area contributed by atoms with Crippen molar-refractivity contribution in [2.45, 2.75) is 18.4 Å². The summed E-state index contributed by atoms with van der Waals surface area (Å²) in [6.07, 6.45) is 0. The number of thiazole rings is 1. The molecule has 4 rings (SSSR count). The van der Waals surface area contributed by atoms with E-state index in [9.17, 15) is 18.5 Å². The summed E-state index contributed by atoms with van der Waals surface area (Å²) in [5.41, 5.74) is 2.21. The quantitative estimate of drug-likeness (QED) is 0.370. The third-order valence-electron chi connectivity index (χ3n) is 5.62. The molecule has 0 amide bonds. The van der Waals surface area contributed by atoms with Crippen molar-refractivity contribution in [3.8, 4) is 16.3 Å². The van der Waals surface area contributed by atoms with Crippen LogP contribution in [0.4, 0.5) is 5.69 Å². The fourth-order valence-electron chi connectivity index (χ4n) is 3.70. The summed E-state index contributed by atoms with van der Waals surface area (Å²) in [6, 6.07) is 11.8. The number of nitrogens with zero attached hydrogens (tertiary/aromatic N) is 4. The fourth-order valence-corrected chi connectivity index (χ4v) is 5.96. The van der Waals surface area contributed by atoms with Crippen LogP contribution >= 0.6 is 11.3 Å². The number of nitro groups is 1. The summed E-state index contributed by atoms with van der Waals surface area (Å²) in [5, 5.41) is 14.1. The normalized spacial score (nSPS) is 15.5. The Bertz CT molecular complexity index is 1250. The molecule has 9 nitrogen and oxygen atoms in total. The highest BCUT2D eigenvalue weighted by atomic mass is 32.2. The Hall–Kier alpha value is -2.86. The SMILES string of the molecule is COc1ccc(-c2nc(CN3CCN(S(=O)(=O)c4ccc(C)c([N+](=O)[O-])c4)CC3)cs2)cc1. The highest BCUT2D eigenvalue weighted by molar-refractivity contribution is 7.89. The zero-order valence-corrected chi connectivity index (χ0v) is 19.9. The van der Waals surface area contributed by atoms with Gasteiger partial charge in [0.05, 0.1) is 22.6 Å². The second-order valence-corrected chi connectivity index (χ2v) is 10.6. The number of benzene rings is 2. The standard InChI is InChI=1S/C22H24N4O5S2/c1-16-3-8-20(13-21(16)26(27)28)33(29,30)25-11-9-24(10-12-25)14-18-15-32-22(23-18)17-4-6-19(31-2)7-5-17/h3-8,13,15H,9-12,14H2,1-2H3. The Morgan fingerprint density at radius 1 is 1.12 bits per heavy atom. The minimum absolute atomic E-state index is 0.0446. The van der Waals surface area contributed by atoms with Crippen molar-refractivity contribution >= 4 is 27.0 Å². The molecule has 1 aromatic heterocycles. The number of piperazine rings is 1. The Kier molecular flexibility index (Phi) is 6.75. The molecule has 174 valence electrons. The van der Waals surface area contributed by atoms with Crippen molar-refractivity contribution in [1.82, 2.24) is 14.2 Å². The van der Waals surface area contributed by atoms with E-state index in [1.54, 1.807) is 25.4 Å². The minimum Gasteiger partial charge on any atom is -0.497 e. The van der Waals surface area contributed by atoms with Crippen LogP contribution in [0, 0.1) is 17.0 Å². The van der Waals surface area contributed by atoms with Crippen LogP contribution in [-0.2, 0) is 16.6 Å². The second-order valence-electron chi connectivity index (χ2n) is 7.76. The van der Waals surface area contributed by atoms with Gasteiger partial charge in [-0.05, 0) is 37.3 Å². The van der Waals surface area contributed by atoms with Crippen molar-refractivity contribution in [3.63, 3.8) is 0 Å². The molecule has 0 radical (unpaired) electrons. The third kappa shape index (κ3) is 5.06. The van der Waals surface area contributed by atoms with E-state index in [2.05, 4.69) is 4.90 Å². The van der Waals surface area contributed by atoms with Crippen LogP contribution < -0.4 is 4.74 Å². The first kappa shape index (κ1) is 23.3. The molecule has 1 fully saturated rings. The lowest BCUT2D eigenvalue weighted by molar-refractivity contribution is -0.385. The summed E-state index contributed by atoms with van der Waals surface area (Å²) in [6.45, 7) is 3.98. The van der Waals surface area contributed by atoms with Crippen LogP contribution in [-0.4, -0.2) is 60.8 Å². The molecule has 2 heterocycles. The van der Waals surface area contributed by atoms with Gasteiger partial charge in [0.25, 0.3) is 5.69 Å². The number of nitro benzene ring substituents is 1. The molecule has 0 bridgehead atoms. The fraction of sp³-hybridized carbons (Fsp3) is 0.318. The van der Waals surface area contributed by atoms with E-state index in [0.717, 1.165) is 28.1 Å². The summed E-state index contributed by atoms with van der Waals surface area (Å²) in [7, 11) is -2.16. The number of aryl methyl sites for hydroxylation is 1. The van der Waals surface area contributed by atoms with Crippen LogP contribution in [0.25, 0.3) is 10.6 Å². The van der Waals surface area contributed by atoms with Gasteiger partial charge in [0.2, 0.25) is 10.0 Å². The lowest BCUT2D eigenvalue weighted by Gasteiger charge is -2.33. The molecule has 0 spiro atoms. The predicted octanol–water partition coefficient (Wildman–Crippen LogP) is 3.54. The minimum atomic E-state index is -3.79. The molecule has 3 aromatic rings. The summed E-state index contributed by atoms with van der Waals surface area (Å²) >= 11 is 1.57. The number of hydrogen-bond donors (Lipinski definition) is 0. The number of sulfonamides is 1. The molecular formula is C22H24N4O5S2. The van der Waals surface area contributed by atoms with E-state index in [0.29, 0.717) is 38.3 Å². The van der Waals surface area contributed by atoms with Crippen molar-refractivity contribution in [2.75, 3.05) is 33.3 Å². The predicted molar refractivity (Wildman–Crippen MR) is 126 cm³/mol. The molecular weight excluding hydrogens is 464 g/mol. The number of rotatable bonds is 7. The molecule has 1 saturated heterocycles. The van der Waals surface area contributed by atoms with Gasteiger partial charge in [-0.3, -0.25) is 15.0 Å². The lowest BCUT2D eigenvalue weighted by atomic mass is 10.2. The monoisotopic (exact) mass is 488 g/mol. The molecule has 0 N–H and O–H groups in total. The van der Waals surface area contributed by atoms with Crippen LogP contribution in [0.5, 0.6) is 5.75 Å². The van der Waals surface area contributed by atoms with Gasteiger partial charge in [0.15, 0.2) is 0 Å². The maximum atomic E-state index is 13.0. The Morgan fingerprint density at radius 2 is 1.82 bits per heavy atom. The highest BCUT2D eigenvalue weighted by Crippen LogP contribution is 2.27. The Labute approximate surface area is 196 Å².